The van der Waals surface area contributed by atoms with Crippen LogP contribution in [0.2, 0.25) is 0 Å². The van der Waals surface area contributed by atoms with E-state index in [-0.39, 0.29) is 12.6 Å². The summed E-state index contributed by atoms with van der Waals surface area (Å²) >= 11 is 5.17. The molecule has 4 nitrogen and oxygen atoms in total. The second kappa shape index (κ2) is 6.76. The second-order valence-corrected chi connectivity index (χ2v) is 6.78. The average molecular weight is 355 g/mol. The molecule has 0 aliphatic heterocycles. The van der Waals surface area contributed by atoms with E-state index in [1.165, 1.54) is 4.88 Å². The molecule has 1 aromatic heterocycles. The number of rotatable bonds is 6. The summed E-state index contributed by atoms with van der Waals surface area (Å²) in [5.74, 6) is 0.143. The Labute approximate surface area is 130 Å². The fourth-order valence-electron chi connectivity index (χ4n) is 1.68. The van der Waals surface area contributed by atoms with E-state index in [4.69, 9.17) is 10.5 Å². The van der Waals surface area contributed by atoms with Gasteiger partial charge in [-0.3, -0.25) is 4.79 Å². The lowest BCUT2D eigenvalue weighted by Crippen LogP contribution is -2.19. The Balaban J connectivity index is 1.94. The molecule has 0 bridgehead atoms. The van der Waals surface area contributed by atoms with E-state index in [9.17, 15) is 4.79 Å². The lowest BCUT2D eigenvalue weighted by molar-refractivity contribution is -0.119. The van der Waals surface area contributed by atoms with Crippen molar-refractivity contribution in [1.29, 1.82) is 0 Å². The zero-order valence-electron chi connectivity index (χ0n) is 10.9. The number of carbonyl (C=O) groups is 1. The molecule has 1 amide bonds. The minimum atomic E-state index is -0.482. The van der Waals surface area contributed by atoms with Crippen LogP contribution in [-0.2, 0) is 4.79 Å². The van der Waals surface area contributed by atoms with Crippen LogP contribution in [0.1, 0.15) is 17.8 Å². The van der Waals surface area contributed by atoms with Gasteiger partial charge in [0.2, 0.25) is 0 Å². The number of nitrogens with one attached hydrogen (secondary N) is 1. The van der Waals surface area contributed by atoms with Gasteiger partial charge >= 0.3 is 0 Å². The van der Waals surface area contributed by atoms with Gasteiger partial charge in [-0.05, 0) is 59.3 Å². The first-order chi connectivity index (χ1) is 9.54. The molecule has 1 atom stereocenters. The molecular formula is C14H15BrN2O2S. The fourth-order valence-corrected chi connectivity index (χ4v) is 3.11. The predicted octanol–water partition coefficient (Wildman–Crippen LogP) is 3.55. The molecule has 0 saturated heterocycles. The van der Waals surface area contributed by atoms with Crippen molar-refractivity contribution in [3.8, 4) is 5.75 Å². The van der Waals surface area contributed by atoms with Crippen molar-refractivity contribution >= 4 is 38.9 Å². The molecule has 2 rings (SSSR count). The number of halogens is 1. The summed E-state index contributed by atoms with van der Waals surface area (Å²) in [6.07, 6.45) is 0. The third kappa shape index (κ3) is 4.25. The Morgan fingerprint density at radius 3 is 2.60 bits per heavy atom. The summed E-state index contributed by atoms with van der Waals surface area (Å²) in [5, 5.41) is 3.41. The maximum absolute atomic E-state index is 10.6. The van der Waals surface area contributed by atoms with Crippen molar-refractivity contribution in [3.63, 3.8) is 0 Å². The Hall–Kier alpha value is -1.53. The molecule has 1 unspecified atom stereocenters. The van der Waals surface area contributed by atoms with Crippen LogP contribution in [0.5, 0.6) is 5.75 Å². The highest BCUT2D eigenvalue weighted by Crippen LogP contribution is 2.29. The summed E-state index contributed by atoms with van der Waals surface area (Å²) in [7, 11) is 0. The molecule has 1 aromatic carbocycles. The van der Waals surface area contributed by atoms with Crippen LogP contribution < -0.4 is 15.8 Å². The molecular weight excluding hydrogens is 340 g/mol. The third-order valence-corrected chi connectivity index (χ3v) is 4.45. The number of nitrogens with two attached hydrogens (primary N) is 1. The molecule has 0 spiro atoms. The van der Waals surface area contributed by atoms with Crippen LogP contribution in [0.15, 0.2) is 40.2 Å². The zero-order valence-corrected chi connectivity index (χ0v) is 13.3. The first kappa shape index (κ1) is 14.9. The normalized spacial score (nSPS) is 11.9. The van der Waals surface area contributed by atoms with Crippen molar-refractivity contribution < 1.29 is 9.53 Å². The van der Waals surface area contributed by atoms with Crippen LogP contribution in [0.4, 0.5) is 5.69 Å². The number of primary amides is 1. The number of thiophene rings is 1. The average Bonchev–Trinajstić information content (AvgIpc) is 2.85. The van der Waals surface area contributed by atoms with Gasteiger partial charge < -0.3 is 15.8 Å². The van der Waals surface area contributed by atoms with Gasteiger partial charge in [-0.1, -0.05) is 0 Å². The molecule has 0 aliphatic rings. The van der Waals surface area contributed by atoms with E-state index >= 15 is 0 Å². The van der Waals surface area contributed by atoms with Crippen LogP contribution in [0.3, 0.4) is 0 Å². The van der Waals surface area contributed by atoms with E-state index in [1.807, 2.05) is 30.3 Å². The van der Waals surface area contributed by atoms with Gasteiger partial charge in [0.05, 0.1) is 9.83 Å². The van der Waals surface area contributed by atoms with E-state index in [0.717, 1.165) is 9.47 Å². The maximum atomic E-state index is 10.6. The van der Waals surface area contributed by atoms with Crippen molar-refractivity contribution in [2.75, 3.05) is 11.9 Å². The van der Waals surface area contributed by atoms with Crippen molar-refractivity contribution in [1.82, 2.24) is 0 Å². The number of carbonyl (C=O) groups excluding carboxylic acids is 1. The smallest absolute Gasteiger partial charge is 0.255 e. The topological polar surface area (TPSA) is 64.3 Å². The molecule has 1 heterocycles. The van der Waals surface area contributed by atoms with Gasteiger partial charge in [0.15, 0.2) is 6.61 Å². The fraction of sp³-hybridized carbons (Fsp3) is 0.214. The number of hydrogen-bond acceptors (Lipinski definition) is 4. The van der Waals surface area contributed by atoms with Gasteiger partial charge in [-0.2, -0.15) is 0 Å². The quantitative estimate of drug-likeness (QED) is 0.833. The monoisotopic (exact) mass is 354 g/mol. The van der Waals surface area contributed by atoms with Gasteiger partial charge in [0, 0.05) is 10.6 Å². The van der Waals surface area contributed by atoms with E-state index in [0.29, 0.717) is 5.75 Å². The minimum absolute atomic E-state index is 0.105. The summed E-state index contributed by atoms with van der Waals surface area (Å²) in [6.45, 7) is 2.00. The SMILES string of the molecule is CC(Nc1ccc(OCC(N)=O)cc1)c1ccc(Br)s1. The number of hydrogen-bond donors (Lipinski definition) is 2. The molecule has 0 radical (unpaired) electrons. The highest BCUT2D eigenvalue weighted by molar-refractivity contribution is 9.11. The maximum Gasteiger partial charge on any atom is 0.255 e. The molecule has 20 heavy (non-hydrogen) atoms. The number of ether oxygens (including phenoxy) is 1. The lowest BCUT2D eigenvalue weighted by atomic mass is 10.2. The van der Waals surface area contributed by atoms with Gasteiger partial charge in [-0.25, -0.2) is 0 Å². The zero-order chi connectivity index (χ0) is 14.5. The van der Waals surface area contributed by atoms with E-state index in [2.05, 4.69) is 34.2 Å². The molecule has 0 fully saturated rings. The first-order valence-electron chi connectivity index (χ1n) is 6.07. The Morgan fingerprint density at radius 2 is 2.05 bits per heavy atom. The lowest BCUT2D eigenvalue weighted by Gasteiger charge is -2.14. The minimum Gasteiger partial charge on any atom is -0.484 e. The summed E-state index contributed by atoms with van der Waals surface area (Å²) in [6, 6.07) is 11.8. The Morgan fingerprint density at radius 1 is 1.35 bits per heavy atom. The first-order valence-corrected chi connectivity index (χ1v) is 7.68. The predicted molar refractivity (Wildman–Crippen MR) is 85.2 cm³/mol. The highest BCUT2D eigenvalue weighted by atomic mass is 79.9. The summed E-state index contributed by atoms with van der Waals surface area (Å²) in [5.41, 5.74) is 6.02. The molecule has 106 valence electrons. The van der Waals surface area contributed by atoms with Crippen molar-refractivity contribution in [3.05, 3.63) is 45.1 Å². The largest absolute Gasteiger partial charge is 0.484 e. The van der Waals surface area contributed by atoms with Crippen molar-refractivity contribution in [2.45, 2.75) is 13.0 Å². The van der Waals surface area contributed by atoms with Crippen LogP contribution in [-0.4, -0.2) is 12.5 Å². The van der Waals surface area contributed by atoms with Crippen LogP contribution in [0.25, 0.3) is 0 Å². The van der Waals surface area contributed by atoms with Gasteiger partial charge in [0.25, 0.3) is 5.91 Å². The Kier molecular flexibility index (Phi) is 5.03. The number of anilines is 1. The third-order valence-electron chi connectivity index (χ3n) is 2.64. The molecule has 2 aromatic rings. The highest BCUT2D eigenvalue weighted by Gasteiger charge is 2.08. The Bertz CT molecular complexity index is 583. The molecule has 0 saturated carbocycles. The second-order valence-electron chi connectivity index (χ2n) is 4.29. The molecule has 0 aliphatic carbocycles. The molecule has 6 heteroatoms. The van der Waals surface area contributed by atoms with Gasteiger partial charge in [0.1, 0.15) is 5.75 Å². The van der Waals surface area contributed by atoms with Crippen molar-refractivity contribution in [2.24, 2.45) is 5.73 Å². The van der Waals surface area contributed by atoms with Crippen LogP contribution in [0, 0.1) is 0 Å². The summed E-state index contributed by atoms with van der Waals surface area (Å²) < 4.78 is 6.33. The van der Waals surface area contributed by atoms with Gasteiger partial charge in [-0.15, -0.1) is 11.3 Å². The van der Waals surface area contributed by atoms with E-state index < -0.39 is 5.91 Å². The van der Waals surface area contributed by atoms with Crippen LogP contribution >= 0.6 is 27.3 Å². The van der Waals surface area contributed by atoms with E-state index in [1.54, 1.807) is 11.3 Å². The standard InChI is InChI=1S/C14H15BrN2O2S/c1-9(12-6-7-13(15)20-12)17-10-2-4-11(5-3-10)19-8-14(16)18/h2-7,9,17H,8H2,1H3,(H2,16,18). The molecule has 3 N–H and O–H groups in total. The number of benzene rings is 1. The number of amides is 1. The summed E-state index contributed by atoms with van der Waals surface area (Å²) in [4.78, 5) is 11.9.